The summed E-state index contributed by atoms with van der Waals surface area (Å²) in [5.41, 5.74) is 3.05. The Bertz CT molecular complexity index is 1170. The first-order valence-electron chi connectivity index (χ1n) is 9.69. The molecule has 4 aromatic rings. The summed E-state index contributed by atoms with van der Waals surface area (Å²) in [7, 11) is 1.61. The van der Waals surface area contributed by atoms with Gasteiger partial charge < -0.3 is 19.3 Å². The number of hydrogen-bond acceptors (Lipinski definition) is 6. The second kappa shape index (κ2) is 9.13. The van der Waals surface area contributed by atoms with Gasteiger partial charge in [0.1, 0.15) is 11.5 Å². The van der Waals surface area contributed by atoms with Gasteiger partial charge in [-0.15, -0.1) is 0 Å². The van der Waals surface area contributed by atoms with Crippen molar-refractivity contribution in [1.29, 1.82) is 0 Å². The molecule has 0 unspecified atom stereocenters. The van der Waals surface area contributed by atoms with E-state index in [1.807, 2.05) is 55.5 Å². The number of methoxy groups -OCH3 is 1. The number of para-hydroxylation sites is 1. The van der Waals surface area contributed by atoms with Crippen molar-refractivity contribution in [2.45, 2.75) is 13.5 Å². The number of rotatable bonds is 7. The smallest absolute Gasteiger partial charge is 0.264 e. The standard InChI is InChI=1S/C24H21N3O4/c1-16-7-11-18(12-8-16)25-24(28)20-5-3-4-6-21(20)30-15-22-26-23(27-31-22)17-9-13-19(29-2)14-10-17/h3-14H,15H2,1-2H3,(H,25,28). The van der Waals surface area contributed by atoms with Crippen LogP contribution in [-0.4, -0.2) is 23.2 Å². The van der Waals surface area contributed by atoms with Gasteiger partial charge in [-0.25, -0.2) is 0 Å². The SMILES string of the molecule is COc1ccc(-c2noc(COc3ccccc3C(=O)Nc3ccc(C)cc3)n2)cc1. The normalized spacial score (nSPS) is 10.5. The van der Waals surface area contributed by atoms with Crippen LogP contribution in [0.4, 0.5) is 5.69 Å². The van der Waals surface area contributed by atoms with Crippen LogP contribution < -0.4 is 14.8 Å². The Labute approximate surface area is 179 Å². The lowest BCUT2D eigenvalue weighted by Crippen LogP contribution is -2.13. The van der Waals surface area contributed by atoms with Gasteiger partial charge in [-0.05, 0) is 55.5 Å². The molecule has 0 atom stereocenters. The van der Waals surface area contributed by atoms with Gasteiger partial charge >= 0.3 is 0 Å². The average molecular weight is 415 g/mol. The number of hydrogen-bond donors (Lipinski definition) is 1. The molecule has 156 valence electrons. The highest BCUT2D eigenvalue weighted by Crippen LogP contribution is 2.23. The van der Waals surface area contributed by atoms with Crippen LogP contribution in [-0.2, 0) is 6.61 Å². The molecule has 0 bridgehead atoms. The molecule has 31 heavy (non-hydrogen) atoms. The monoisotopic (exact) mass is 415 g/mol. The lowest BCUT2D eigenvalue weighted by atomic mass is 10.1. The van der Waals surface area contributed by atoms with E-state index in [0.29, 0.717) is 28.7 Å². The van der Waals surface area contributed by atoms with Crippen molar-refractivity contribution in [2.75, 3.05) is 12.4 Å². The molecule has 4 rings (SSSR count). The molecule has 7 nitrogen and oxygen atoms in total. The van der Waals surface area contributed by atoms with E-state index in [1.165, 1.54) is 0 Å². The van der Waals surface area contributed by atoms with Crippen molar-refractivity contribution >= 4 is 11.6 Å². The highest BCUT2D eigenvalue weighted by Gasteiger charge is 2.15. The van der Waals surface area contributed by atoms with Gasteiger partial charge in [0.15, 0.2) is 6.61 Å². The molecule has 1 aromatic heterocycles. The molecule has 0 saturated heterocycles. The van der Waals surface area contributed by atoms with Crippen LogP contribution in [0, 0.1) is 6.92 Å². The number of aryl methyl sites for hydroxylation is 1. The Morgan fingerprint density at radius 3 is 2.48 bits per heavy atom. The van der Waals surface area contributed by atoms with Crippen LogP contribution in [0.5, 0.6) is 11.5 Å². The molecular weight excluding hydrogens is 394 g/mol. The lowest BCUT2D eigenvalue weighted by Gasteiger charge is -2.10. The van der Waals surface area contributed by atoms with Gasteiger partial charge in [-0.2, -0.15) is 4.98 Å². The first-order valence-corrected chi connectivity index (χ1v) is 9.69. The van der Waals surface area contributed by atoms with Gasteiger partial charge in [0.05, 0.1) is 12.7 Å². The fourth-order valence-electron chi connectivity index (χ4n) is 2.93. The minimum atomic E-state index is -0.260. The lowest BCUT2D eigenvalue weighted by molar-refractivity contribution is 0.102. The van der Waals surface area contributed by atoms with Crippen LogP contribution in [0.3, 0.4) is 0 Å². The van der Waals surface area contributed by atoms with Gasteiger partial charge in [-0.3, -0.25) is 4.79 Å². The van der Waals surface area contributed by atoms with Crippen molar-refractivity contribution in [3.05, 3.63) is 89.8 Å². The van der Waals surface area contributed by atoms with Crippen LogP contribution in [0.25, 0.3) is 11.4 Å². The maximum Gasteiger partial charge on any atom is 0.264 e. The van der Waals surface area contributed by atoms with Crippen molar-refractivity contribution < 1.29 is 18.8 Å². The predicted octanol–water partition coefficient (Wildman–Crippen LogP) is 4.88. The largest absolute Gasteiger partial charge is 0.497 e. The van der Waals surface area contributed by atoms with E-state index in [9.17, 15) is 4.79 Å². The number of amides is 1. The quantitative estimate of drug-likeness (QED) is 0.463. The third-order valence-electron chi connectivity index (χ3n) is 4.61. The molecule has 7 heteroatoms. The van der Waals surface area contributed by atoms with Gasteiger partial charge in [0.25, 0.3) is 11.8 Å². The van der Waals surface area contributed by atoms with E-state index >= 15 is 0 Å². The Hall–Kier alpha value is -4.13. The number of nitrogens with one attached hydrogen (secondary N) is 1. The molecule has 1 amide bonds. The third-order valence-corrected chi connectivity index (χ3v) is 4.61. The molecule has 0 radical (unpaired) electrons. The first-order chi connectivity index (χ1) is 15.1. The maximum absolute atomic E-state index is 12.7. The number of ether oxygens (including phenoxy) is 2. The number of anilines is 1. The van der Waals surface area contributed by atoms with E-state index in [-0.39, 0.29) is 12.5 Å². The summed E-state index contributed by atoms with van der Waals surface area (Å²) in [5, 5.41) is 6.87. The number of nitrogens with zero attached hydrogens (tertiary/aromatic N) is 2. The minimum Gasteiger partial charge on any atom is -0.497 e. The summed E-state index contributed by atoms with van der Waals surface area (Å²) in [5.74, 6) is 1.67. The first kappa shape index (κ1) is 20.2. The summed E-state index contributed by atoms with van der Waals surface area (Å²) in [6.45, 7) is 2.03. The second-order valence-electron chi connectivity index (χ2n) is 6.85. The number of carbonyl (C=O) groups is 1. The number of carbonyl (C=O) groups excluding carboxylic acids is 1. The molecule has 0 aliphatic heterocycles. The van der Waals surface area contributed by atoms with E-state index in [2.05, 4.69) is 15.5 Å². The topological polar surface area (TPSA) is 86.5 Å². The van der Waals surface area contributed by atoms with Gasteiger partial charge in [0, 0.05) is 11.3 Å². The van der Waals surface area contributed by atoms with E-state index in [1.54, 1.807) is 31.4 Å². The molecule has 0 saturated carbocycles. The van der Waals surface area contributed by atoms with Crippen LogP contribution in [0.2, 0.25) is 0 Å². The van der Waals surface area contributed by atoms with Crippen molar-refractivity contribution in [2.24, 2.45) is 0 Å². The fourth-order valence-corrected chi connectivity index (χ4v) is 2.93. The van der Waals surface area contributed by atoms with Crippen LogP contribution in [0.1, 0.15) is 21.8 Å². The minimum absolute atomic E-state index is 0.0397. The molecule has 0 spiro atoms. The van der Waals surface area contributed by atoms with E-state index < -0.39 is 0 Å². The summed E-state index contributed by atoms with van der Waals surface area (Å²) in [6, 6.07) is 21.9. The average Bonchev–Trinajstić information content (AvgIpc) is 3.28. The Morgan fingerprint density at radius 1 is 1.00 bits per heavy atom. The molecule has 0 aliphatic rings. The van der Waals surface area contributed by atoms with Gasteiger partial charge in [-0.1, -0.05) is 35.0 Å². The van der Waals surface area contributed by atoms with E-state index in [4.69, 9.17) is 14.0 Å². The van der Waals surface area contributed by atoms with E-state index in [0.717, 1.165) is 16.9 Å². The Balaban J connectivity index is 1.44. The number of benzene rings is 3. The van der Waals surface area contributed by atoms with Crippen LogP contribution in [0.15, 0.2) is 77.3 Å². The van der Waals surface area contributed by atoms with Crippen LogP contribution >= 0.6 is 0 Å². The van der Waals surface area contributed by atoms with Gasteiger partial charge in [0.2, 0.25) is 5.82 Å². The summed E-state index contributed by atoms with van der Waals surface area (Å²) in [4.78, 5) is 17.1. The molecule has 1 N–H and O–H groups in total. The molecule has 1 heterocycles. The number of aromatic nitrogens is 2. The molecule has 0 aliphatic carbocycles. The highest BCUT2D eigenvalue weighted by atomic mass is 16.5. The highest BCUT2D eigenvalue weighted by molar-refractivity contribution is 6.06. The van der Waals surface area contributed by atoms with Crippen molar-refractivity contribution in [3.8, 4) is 22.9 Å². The third kappa shape index (κ3) is 4.90. The zero-order chi connectivity index (χ0) is 21.6. The Kier molecular flexibility index (Phi) is 5.93. The molecular formula is C24H21N3O4. The summed E-state index contributed by atoms with van der Waals surface area (Å²) >= 11 is 0. The fraction of sp³-hybridized carbons (Fsp3) is 0.125. The zero-order valence-electron chi connectivity index (χ0n) is 17.2. The second-order valence-corrected chi connectivity index (χ2v) is 6.85. The van der Waals surface area contributed by atoms with Crippen molar-refractivity contribution in [1.82, 2.24) is 10.1 Å². The zero-order valence-corrected chi connectivity index (χ0v) is 17.2. The van der Waals surface area contributed by atoms with Crippen molar-refractivity contribution in [3.63, 3.8) is 0 Å². The Morgan fingerprint density at radius 2 is 1.74 bits per heavy atom. The molecule has 3 aromatic carbocycles. The molecule has 0 fully saturated rings. The predicted molar refractivity (Wildman–Crippen MR) is 116 cm³/mol. The summed E-state index contributed by atoms with van der Waals surface area (Å²) < 4.78 is 16.3. The maximum atomic E-state index is 12.7. The summed E-state index contributed by atoms with van der Waals surface area (Å²) in [6.07, 6.45) is 0.